The third-order valence-electron chi connectivity index (χ3n) is 5.98. The molecule has 0 bridgehead atoms. The number of pyridine rings is 1. The number of carbonyl (C=O) groups excluding carboxylic acids is 2. The lowest BCUT2D eigenvalue weighted by Gasteiger charge is -2.32. The van der Waals surface area contributed by atoms with Crippen LogP contribution in [0.15, 0.2) is 48.8 Å². The largest absolute Gasteiger partial charge is 0.466 e. The number of likely N-dealkylation sites (tertiary alicyclic amines) is 1. The molecular formula is C24H25ClFN3O3. The Hall–Kier alpha value is -2.93. The molecular weight excluding hydrogens is 433 g/mol. The van der Waals surface area contributed by atoms with E-state index in [9.17, 15) is 14.0 Å². The first-order chi connectivity index (χ1) is 15.5. The Balaban J connectivity index is 1.58. The number of hydrogen-bond donors (Lipinski definition) is 0. The van der Waals surface area contributed by atoms with Crippen molar-refractivity contribution in [2.75, 3.05) is 19.7 Å². The average molecular weight is 458 g/mol. The molecule has 168 valence electrons. The van der Waals surface area contributed by atoms with Gasteiger partial charge in [-0.2, -0.15) is 0 Å². The van der Waals surface area contributed by atoms with Gasteiger partial charge in [-0.05, 0) is 43.5 Å². The molecule has 1 aromatic carbocycles. The molecule has 3 aromatic rings. The maximum atomic E-state index is 14.8. The second-order valence-corrected chi connectivity index (χ2v) is 8.38. The number of nitrogens with zero attached hydrogens (tertiary/aromatic N) is 3. The van der Waals surface area contributed by atoms with Crippen LogP contribution in [0, 0.1) is 11.7 Å². The van der Waals surface area contributed by atoms with Crippen LogP contribution < -0.4 is 0 Å². The Labute approximate surface area is 191 Å². The number of esters is 1. The van der Waals surface area contributed by atoms with Crippen LogP contribution in [0.1, 0.15) is 43.4 Å². The molecule has 2 aromatic heterocycles. The van der Waals surface area contributed by atoms with E-state index in [4.69, 9.17) is 16.3 Å². The molecule has 0 radical (unpaired) electrons. The van der Waals surface area contributed by atoms with Crippen LogP contribution in [0.25, 0.3) is 5.65 Å². The molecule has 1 aliphatic rings. The van der Waals surface area contributed by atoms with Gasteiger partial charge in [0.2, 0.25) is 5.91 Å². The molecule has 32 heavy (non-hydrogen) atoms. The Morgan fingerprint density at radius 1 is 1.22 bits per heavy atom. The van der Waals surface area contributed by atoms with E-state index in [1.807, 2.05) is 0 Å². The van der Waals surface area contributed by atoms with Crippen LogP contribution in [0.5, 0.6) is 0 Å². The van der Waals surface area contributed by atoms with Crippen LogP contribution in [0.3, 0.4) is 0 Å². The third kappa shape index (κ3) is 4.63. The van der Waals surface area contributed by atoms with E-state index < -0.39 is 5.92 Å². The summed E-state index contributed by atoms with van der Waals surface area (Å²) in [6.45, 7) is 3.09. The van der Waals surface area contributed by atoms with E-state index in [0.29, 0.717) is 54.5 Å². The van der Waals surface area contributed by atoms with Crippen LogP contribution in [0.2, 0.25) is 5.02 Å². The zero-order valence-electron chi connectivity index (χ0n) is 17.8. The molecule has 8 heteroatoms. The summed E-state index contributed by atoms with van der Waals surface area (Å²) in [6.07, 6.45) is 4.62. The normalized spacial score (nSPS) is 15.7. The van der Waals surface area contributed by atoms with Crippen molar-refractivity contribution in [3.63, 3.8) is 0 Å². The lowest BCUT2D eigenvalue weighted by atomic mass is 9.90. The van der Waals surface area contributed by atoms with Crippen LogP contribution in [-0.4, -0.2) is 45.9 Å². The lowest BCUT2D eigenvalue weighted by Crippen LogP contribution is -2.41. The van der Waals surface area contributed by atoms with Crippen LogP contribution in [-0.2, 0) is 14.3 Å². The van der Waals surface area contributed by atoms with Crippen molar-refractivity contribution in [3.8, 4) is 0 Å². The van der Waals surface area contributed by atoms with Gasteiger partial charge in [-0.25, -0.2) is 9.37 Å². The minimum absolute atomic E-state index is 0.0856. The van der Waals surface area contributed by atoms with E-state index in [0.717, 1.165) is 0 Å². The predicted molar refractivity (Wildman–Crippen MR) is 119 cm³/mol. The van der Waals surface area contributed by atoms with Crippen LogP contribution >= 0.6 is 11.6 Å². The summed E-state index contributed by atoms with van der Waals surface area (Å²) in [5.41, 5.74) is 1.81. The number of ether oxygens (including phenoxy) is 1. The minimum atomic E-state index is -0.528. The van der Waals surface area contributed by atoms with Gasteiger partial charge in [-0.1, -0.05) is 29.8 Å². The van der Waals surface area contributed by atoms with E-state index in [1.165, 1.54) is 6.07 Å². The van der Waals surface area contributed by atoms with Gasteiger partial charge in [0.1, 0.15) is 11.5 Å². The van der Waals surface area contributed by atoms with Crippen molar-refractivity contribution >= 4 is 29.1 Å². The van der Waals surface area contributed by atoms with Crippen molar-refractivity contribution in [1.82, 2.24) is 14.3 Å². The SMILES string of the molecule is CCOC(=O)C1CCN(C(=O)CC(c2ccccc2F)c2cnc3ccc(Cl)cn23)CC1. The standard InChI is InChI=1S/C24H25ClFN3O3/c1-2-32-24(31)16-9-11-28(12-10-16)23(30)13-19(18-5-3-4-6-20(18)26)21-14-27-22-8-7-17(25)15-29(21)22/h3-8,14-16,19H,2,9-13H2,1H3. The number of carbonyl (C=O) groups is 2. The number of imidazole rings is 1. The van der Waals surface area contributed by atoms with Gasteiger partial charge >= 0.3 is 5.97 Å². The first-order valence-electron chi connectivity index (χ1n) is 10.8. The fraction of sp³-hybridized carbons (Fsp3) is 0.375. The minimum Gasteiger partial charge on any atom is -0.466 e. The van der Waals surface area contributed by atoms with Gasteiger partial charge in [-0.3, -0.25) is 9.59 Å². The number of piperidine rings is 1. The molecule has 6 nitrogen and oxygen atoms in total. The molecule has 4 rings (SSSR count). The molecule has 0 N–H and O–H groups in total. The Morgan fingerprint density at radius 3 is 2.69 bits per heavy atom. The molecule has 1 unspecified atom stereocenters. The summed E-state index contributed by atoms with van der Waals surface area (Å²) in [7, 11) is 0. The summed E-state index contributed by atoms with van der Waals surface area (Å²) in [5.74, 6) is -1.37. The Bertz CT molecular complexity index is 1120. The number of halogens is 2. The van der Waals surface area contributed by atoms with Crippen molar-refractivity contribution in [1.29, 1.82) is 0 Å². The van der Waals surface area contributed by atoms with Gasteiger partial charge in [-0.15, -0.1) is 0 Å². The van der Waals surface area contributed by atoms with Crippen molar-refractivity contribution < 1.29 is 18.7 Å². The fourth-order valence-electron chi connectivity index (χ4n) is 4.29. The number of hydrogen-bond acceptors (Lipinski definition) is 4. The first kappa shape index (κ1) is 22.3. The highest BCUT2D eigenvalue weighted by Crippen LogP contribution is 2.32. The highest BCUT2D eigenvalue weighted by molar-refractivity contribution is 6.30. The third-order valence-corrected chi connectivity index (χ3v) is 6.21. The highest BCUT2D eigenvalue weighted by atomic mass is 35.5. The second-order valence-electron chi connectivity index (χ2n) is 7.94. The number of benzene rings is 1. The van der Waals surface area contributed by atoms with Gasteiger partial charge in [0.05, 0.1) is 23.2 Å². The Morgan fingerprint density at radius 2 is 1.97 bits per heavy atom. The van der Waals surface area contributed by atoms with Crippen molar-refractivity contribution in [2.45, 2.75) is 32.1 Å². The molecule has 0 saturated carbocycles. The van der Waals surface area contributed by atoms with E-state index in [-0.39, 0.29) is 30.0 Å². The number of aromatic nitrogens is 2. The predicted octanol–water partition coefficient (Wildman–Crippen LogP) is 4.45. The molecule has 0 aliphatic carbocycles. The Kier molecular flexibility index (Phi) is 6.74. The molecule has 1 amide bonds. The monoisotopic (exact) mass is 457 g/mol. The van der Waals surface area contributed by atoms with E-state index in [2.05, 4.69) is 4.98 Å². The van der Waals surface area contributed by atoms with Gasteiger partial charge < -0.3 is 14.0 Å². The van der Waals surface area contributed by atoms with Crippen molar-refractivity contribution in [3.05, 3.63) is 70.9 Å². The quantitative estimate of drug-likeness (QED) is 0.513. The highest BCUT2D eigenvalue weighted by Gasteiger charge is 2.31. The maximum Gasteiger partial charge on any atom is 0.309 e. The van der Waals surface area contributed by atoms with Crippen LogP contribution in [0.4, 0.5) is 4.39 Å². The molecule has 1 aliphatic heterocycles. The lowest BCUT2D eigenvalue weighted by molar-refractivity contribution is -0.151. The summed E-state index contributed by atoms with van der Waals surface area (Å²) < 4.78 is 21.7. The van der Waals surface area contributed by atoms with Gasteiger partial charge in [0.15, 0.2) is 0 Å². The number of amides is 1. The number of fused-ring (bicyclic) bond motifs is 1. The van der Waals surface area contributed by atoms with Gasteiger partial charge in [0.25, 0.3) is 0 Å². The molecule has 1 saturated heterocycles. The summed E-state index contributed by atoms with van der Waals surface area (Å²) in [5, 5.41) is 0.524. The molecule has 3 heterocycles. The molecule has 1 fully saturated rings. The van der Waals surface area contributed by atoms with E-state index >= 15 is 0 Å². The average Bonchev–Trinajstić information content (AvgIpc) is 3.21. The van der Waals surface area contributed by atoms with Crippen molar-refractivity contribution in [2.24, 2.45) is 5.92 Å². The zero-order chi connectivity index (χ0) is 22.7. The molecule has 1 atom stereocenters. The number of rotatable bonds is 6. The topological polar surface area (TPSA) is 63.9 Å². The fourth-order valence-corrected chi connectivity index (χ4v) is 4.45. The molecule has 0 spiro atoms. The first-order valence-corrected chi connectivity index (χ1v) is 11.2. The smallest absolute Gasteiger partial charge is 0.309 e. The summed E-state index contributed by atoms with van der Waals surface area (Å²) in [4.78, 5) is 31.4. The second kappa shape index (κ2) is 9.69. The summed E-state index contributed by atoms with van der Waals surface area (Å²) >= 11 is 6.18. The zero-order valence-corrected chi connectivity index (χ0v) is 18.6. The van der Waals surface area contributed by atoms with Gasteiger partial charge in [0, 0.05) is 37.8 Å². The van der Waals surface area contributed by atoms with E-state index in [1.54, 1.807) is 58.9 Å². The summed E-state index contributed by atoms with van der Waals surface area (Å²) in [6, 6.07) is 10.0. The maximum absolute atomic E-state index is 14.8.